The van der Waals surface area contributed by atoms with E-state index in [1.165, 1.54) is 5.56 Å². The SMILES string of the molecule is Cc1cccc(C(=O)N2CCC[C@H]2c2ccc(CN(C)C)cn2)c1. The standard InChI is InChI=1S/C20H25N3O/c1-15-6-4-7-17(12-15)20(24)23-11-5-8-19(23)18-10-9-16(13-21-18)14-22(2)3/h4,6-7,9-10,12-13,19H,5,8,11,14H2,1-3H3/t19-/m0/s1. The summed E-state index contributed by atoms with van der Waals surface area (Å²) in [6.07, 6.45) is 3.95. The third-order valence-electron chi connectivity index (χ3n) is 4.47. The van der Waals surface area contributed by atoms with Gasteiger partial charge in [-0.05, 0) is 57.6 Å². The van der Waals surface area contributed by atoms with Gasteiger partial charge < -0.3 is 9.80 Å². The number of benzene rings is 1. The Labute approximate surface area is 144 Å². The lowest BCUT2D eigenvalue weighted by Crippen LogP contribution is -2.31. The lowest BCUT2D eigenvalue weighted by molar-refractivity contribution is 0.0733. The van der Waals surface area contributed by atoms with Crippen LogP contribution in [0.2, 0.25) is 0 Å². The molecule has 1 aliphatic heterocycles. The normalized spacial score (nSPS) is 17.5. The predicted molar refractivity (Wildman–Crippen MR) is 95.8 cm³/mol. The van der Waals surface area contributed by atoms with Gasteiger partial charge in [-0.25, -0.2) is 0 Å². The first-order valence-electron chi connectivity index (χ1n) is 8.52. The van der Waals surface area contributed by atoms with Crippen molar-refractivity contribution in [3.8, 4) is 0 Å². The molecule has 1 fully saturated rings. The Hall–Kier alpha value is -2.20. The minimum Gasteiger partial charge on any atom is -0.330 e. The number of carbonyl (C=O) groups is 1. The number of amides is 1. The second-order valence-electron chi connectivity index (χ2n) is 6.86. The molecule has 24 heavy (non-hydrogen) atoms. The zero-order valence-corrected chi connectivity index (χ0v) is 14.7. The van der Waals surface area contributed by atoms with E-state index in [4.69, 9.17) is 0 Å². The van der Waals surface area contributed by atoms with Gasteiger partial charge in [-0.2, -0.15) is 0 Å². The van der Waals surface area contributed by atoms with Crippen LogP contribution in [0, 0.1) is 6.92 Å². The monoisotopic (exact) mass is 323 g/mol. The van der Waals surface area contributed by atoms with E-state index in [0.717, 1.165) is 42.8 Å². The molecule has 126 valence electrons. The highest BCUT2D eigenvalue weighted by Gasteiger charge is 2.31. The minimum absolute atomic E-state index is 0.0893. The van der Waals surface area contributed by atoms with Crippen LogP contribution in [-0.4, -0.2) is 41.3 Å². The summed E-state index contributed by atoms with van der Waals surface area (Å²) in [4.78, 5) is 21.6. The maximum Gasteiger partial charge on any atom is 0.254 e. The highest BCUT2D eigenvalue weighted by Crippen LogP contribution is 2.32. The van der Waals surface area contributed by atoms with Crippen molar-refractivity contribution in [3.05, 3.63) is 65.0 Å². The number of hydrogen-bond acceptors (Lipinski definition) is 3. The van der Waals surface area contributed by atoms with Crippen LogP contribution in [0.3, 0.4) is 0 Å². The first-order valence-corrected chi connectivity index (χ1v) is 8.52. The lowest BCUT2D eigenvalue weighted by atomic mass is 10.1. The Balaban J connectivity index is 1.79. The number of carbonyl (C=O) groups excluding carboxylic acids is 1. The average molecular weight is 323 g/mol. The van der Waals surface area contributed by atoms with E-state index < -0.39 is 0 Å². The minimum atomic E-state index is 0.0893. The van der Waals surface area contributed by atoms with Gasteiger partial charge in [-0.3, -0.25) is 9.78 Å². The van der Waals surface area contributed by atoms with Gasteiger partial charge in [0.15, 0.2) is 0 Å². The van der Waals surface area contributed by atoms with Crippen molar-refractivity contribution >= 4 is 5.91 Å². The average Bonchev–Trinajstić information content (AvgIpc) is 3.04. The summed E-state index contributed by atoms with van der Waals surface area (Å²) in [6, 6.07) is 12.1. The second-order valence-corrected chi connectivity index (χ2v) is 6.86. The smallest absolute Gasteiger partial charge is 0.254 e. The van der Waals surface area contributed by atoms with Crippen LogP contribution in [0.4, 0.5) is 0 Å². The number of hydrogen-bond donors (Lipinski definition) is 0. The van der Waals surface area contributed by atoms with Gasteiger partial charge in [0.25, 0.3) is 5.91 Å². The number of likely N-dealkylation sites (tertiary alicyclic amines) is 1. The fourth-order valence-corrected chi connectivity index (χ4v) is 3.35. The Morgan fingerprint density at radius 2 is 2.12 bits per heavy atom. The molecule has 0 aliphatic carbocycles. The molecule has 4 nitrogen and oxygen atoms in total. The molecule has 0 unspecified atom stereocenters. The number of rotatable bonds is 4. The molecule has 0 saturated carbocycles. The van der Waals surface area contributed by atoms with Crippen LogP contribution in [0.5, 0.6) is 0 Å². The van der Waals surface area contributed by atoms with Crippen molar-refractivity contribution < 1.29 is 4.79 Å². The zero-order valence-electron chi connectivity index (χ0n) is 14.7. The summed E-state index contributed by atoms with van der Waals surface area (Å²) in [5.74, 6) is 0.111. The van der Waals surface area contributed by atoms with E-state index in [9.17, 15) is 4.79 Å². The van der Waals surface area contributed by atoms with E-state index in [-0.39, 0.29) is 11.9 Å². The molecule has 1 atom stereocenters. The van der Waals surface area contributed by atoms with Crippen molar-refractivity contribution in [3.63, 3.8) is 0 Å². The van der Waals surface area contributed by atoms with Crippen LogP contribution in [0.1, 0.15) is 46.1 Å². The molecular weight excluding hydrogens is 298 g/mol. The Bertz CT molecular complexity index is 709. The Morgan fingerprint density at radius 3 is 2.79 bits per heavy atom. The molecule has 0 spiro atoms. The molecule has 1 saturated heterocycles. The van der Waals surface area contributed by atoms with Crippen molar-refractivity contribution in [1.82, 2.24) is 14.8 Å². The van der Waals surface area contributed by atoms with E-state index >= 15 is 0 Å². The Morgan fingerprint density at radius 1 is 1.29 bits per heavy atom. The summed E-state index contributed by atoms with van der Waals surface area (Å²) in [5.41, 5.74) is 4.07. The number of nitrogens with zero attached hydrogens (tertiary/aromatic N) is 3. The van der Waals surface area contributed by atoms with Crippen molar-refractivity contribution in [1.29, 1.82) is 0 Å². The molecule has 2 aromatic rings. The van der Waals surface area contributed by atoms with Gasteiger partial charge in [0.05, 0.1) is 11.7 Å². The van der Waals surface area contributed by atoms with Crippen LogP contribution in [0.25, 0.3) is 0 Å². The molecule has 1 aliphatic rings. The van der Waals surface area contributed by atoms with Crippen LogP contribution >= 0.6 is 0 Å². The third kappa shape index (κ3) is 3.65. The highest BCUT2D eigenvalue weighted by molar-refractivity contribution is 5.94. The maximum atomic E-state index is 12.9. The second kappa shape index (κ2) is 7.14. The van der Waals surface area contributed by atoms with Crippen LogP contribution < -0.4 is 0 Å². The van der Waals surface area contributed by atoms with Gasteiger partial charge in [-0.15, -0.1) is 0 Å². The quantitative estimate of drug-likeness (QED) is 0.865. The predicted octanol–water partition coefficient (Wildman–Crippen LogP) is 3.43. The molecule has 1 aromatic carbocycles. The molecule has 0 radical (unpaired) electrons. The third-order valence-corrected chi connectivity index (χ3v) is 4.47. The molecule has 1 amide bonds. The molecule has 1 aromatic heterocycles. The first kappa shape index (κ1) is 16.7. The van der Waals surface area contributed by atoms with Crippen molar-refractivity contribution in [2.45, 2.75) is 32.4 Å². The van der Waals surface area contributed by atoms with E-state index in [1.54, 1.807) is 0 Å². The van der Waals surface area contributed by atoms with Crippen molar-refractivity contribution in [2.75, 3.05) is 20.6 Å². The molecule has 4 heteroatoms. The molecule has 0 N–H and O–H groups in total. The number of pyridine rings is 1. The number of aromatic nitrogens is 1. The summed E-state index contributed by atoms with van der Waals surface area (Å²) in [7, 11) is 4.10. The van der Waals surface area contributed by atoms with Crippen molar-refractivity contribution in [2.24, 2.45) is 0 Å². The summed E-state index contributed by atoms with van der Waals surface area (Å²) in [5, 5.41) is 0. The summed E-state index contributed by atoms with van der Waals surface area (Å²) in [6.45, 7) is 3.70. The fourth-order valence-electron chi connectivity index (χ4n) is 3.35. The molecule has 3 rings (SSSR count). The van der Waals surface area contributed by atoms with E-state index in [2.05, 4.69) is 22.0 Å². The molecule has 0 bridgehead atoms. The van der Waals surface area contributed by atoms with Crippen LogP contribution in [-0.2, 0) is 6.54 Å². The first-order chi connectivity index (χ1) is 11.5. The zero-order chi connectivity index (χ0) is 17.1. The van der Waals surface area contributed by atoms with E-state index in [0.29, 0.717) is 0 Å². The van der Waals surface area contributed by atoms with Gasteiger partial charge in [-0.1, -0.05) is 23.8 Å². The van der Waals surface area contributed by atoms with Gasteiger partial charge in [0, 0.05) is 24.8 Å². The maximum absolute atomic E-state index is 12.9. The lowest BCUT2D eigenvalue weighted by Gasteiger charge is -2.25. The fraction of sp³-hybridized carbons (Fsp3) is 0.400. The van der Waals surface area contributed by atoms with Gasteiger partial charge >= 0.3 is 0 Å². The van der Waals surface area contributed by atoms with Gasteiger partial charge in [0.1, 0.15) is 0 Å². The molecular formula is C20H25N3O. The topological polar surface area (TPSA) is 36.4 Å². The molecule has 2 heterocycles. The Kier molecular flexibility index (Phi) is 4.95. The summed E-state index contributed by atoms with van der Waals surface area (Å²) >= 11 is 0. The summed E-state index contributed by atoms with van der Waals surface area (Å²) < 4.78 is 0. The van der Waals surface area contributed by atoms with E-state index in [1.807, 2.05) is 56.4 Å². The highest BCUT2D eigenvalue weighted by atomic mass is 16.2. The van der Waals surface area contributed by atoms with Crippen LogP contribution in [0.15, 0.2) is 42.6 Å². The largest absolute Gasteiger partial charge is 0.330 e. The number of aryl methyl sites for hydroxylation is 1. The van der Waals surface area contributed by atoms with Gasteiger partial charge in [0.2, 0.25) is 0 Å².